The molecule has 3 heterocycles. The van der Waals surface area contributed by atoms with Crippen LogP contribution in [0.1, 0.15) is 28.9 Å². The molecule has 0 bridgehead atoms. The molecule has 2 aromatic rings. The van der Waals surface area contributed by atoms with Crippen LogP contribution >= 0.6 is 0 Å². The van der Waals surface area contributed by atoms with Gasteiger partial charge in [-0.25, -0.2) is 9.37 Å². The van der Waals surface area contributed by atoms with Crippen molar-refractivity contribution in [2.45, 2.75) is 25.5 Å². The first-order valence-electron chi connectivity index (χ1n) is 11.1. The molecule has 1 atom stereocenters. The Morgan fingerprint density at radius 3 is 2.61 bits per heavy atom. The van der Waals surface area contributed by atoms with Gasteiger partial charge in [-0.1, -0.05) is 6.07 Å². The standard InChI is InChI=1S/C23H25F2N5O3/c1-26-22(31)15-5-6-16(21(25)27-15)30-10-8-29(9-11-30)12-14-4-7-17-19(18(14)24)28-23(32)20(33-17)13-2-3-13/h4-7,13,20H,2-3,8-12H2,1H3,(H,26,31)(H,28,32)/t20-/m1/s1. The van der Waals surface area contributed by atoms with Crippen LogP contribution in [0.25, 0.3) is 0 Å². The van der Waals surface area contributed by atoms with E-state index in [4.69, 9.17) is 4.74 Å². The van der Waals surface area contributed by atoms with Gasteiger partial charge in [0.25, 0.3) is 11.8 Å². The number of anilines is 2. The summed E-state index contributed by atoms with van der Waals surface area (Å²) in [6.45, 7) is 2.63. The number of carbonyl (C=O) groups excluding carboxylic acids is 2. The lowest BCUT2D eigenvalue weighted by Crippen LogP contribution is -2.46. The third-order valence-corrected chi connectivity index (χ3v) is 6.39. The third kappa shape index (κ3) is 4.22. The van der Waals surface area contributed by atoms with Gasteiger partial charge in [0, 0.05) is 51.3 Å². The van der Waals surface area contributed by atoms with Gasteiger partial charge in [-0.15, -0.1) is 0 Å². The smallest absolute Gasteiger partial charge is 0.269 e. The highest BCUT2D eigenvalue weighted by molar-refractivity contribution is 5.98. The molecule has 174 valence electrons. The summed E-state index contributed by atoms with van der Waals surface area (Å²) in [6.07, 6.45) is 1.38. The van der Waals surface area contributed by atoms with E-state index in [0.717, 1.165) is 12.8 Å². The number of nitrogens with zero attached hydrogens (tertiary/aromatic N) is 3. The molecule has 33 heavy (non-hydrogen) atoms. The summed E-state index contributed by atoms with van der Waals surface area (Å²) in [5, 5.41) is 5.11. The second-order valence-electron chi connectivity index (χ2n) is 8.63. The zero-order valence-corrected chi connectivity index (χ0v) is 18.2. The second kappa shape index (κ2) is 8.58. The van der Waals surface area contributed by atoms with E-state index in [9.17, 15) is 14.0 Å². The van der Waals surface area contributed by atoms with Gasteiger partial charge in [-0.05, 0) is 31.0 Å². The van der Waals surface area contributed by atoms with E-state index in [-0.39, 0.29) is 23.2 Å². The van der Waals surface area contributed by atoms with E-state index >= 15 is 4.39 Å². The van der Waals surface area contributed by atoms with Crippen LogP contribution < -0.4 is 20.3 Å². The number of carbonyl (C=O) groups is 2. The molecular formula is C23H25F2N5O3. The van der Waals surface area contributed by atoms with E-state index in [2.05, 4.69) is 20.5 Å². The molecule has 1 aliphatic carbocycles. The number of hydrogen-bond acceptors (Lipinski definition) is 6. The summed E-state index contributed by atoms with van der Waals surface area (Å²) in [5.41, 5.74) is 0.947. The molecule has 1 saturated carbocycles. The Morgan fingerprint density at radius 1 is 1.18 bits per heavy atom. The molecule has 8 nitrogen and oxygen atoms in total. The minimum absolute atomic E-state index is 0.0276. The zero-order valence-electron chi connectivity index (χ0n) is 18.2. The summed E-state index contributed by atoms with van der Waals surface area (Å²) in [6, 6.07) is 6.47. The molecule has 0 spiro atoms. The number of nitrogens with one attached hydrogen (secondary N) is 2. The molecule has 2 amide bonds. The molecule has 2 aliphatic heterocycles. The van der Waals surface area contributed by atoms with Gasteiger partial charge in [-0.2, -0.15) is 4.39 Å². The van der Waals surface area contributed by atoms with E-state index in [1.807, 2.05) is 4.90 Å². The number of halogens is 2. The first kappa shape index (κ1) is 21.6. The fourth-order valence-corrected chi connectivity index (χ4v) is 4.34. The average Bonchev–Trinajstić information content (AvgIpc) is 3.66. The second-order valence-corrected chi connectivity index (χ2v) is 8.63. The SMILES string of the molecule is CNC(=O)c1ccc(N2CCN(Cc3ccc4c(c3F)NC(=O)[C@@H](C3CC3)O4)CC2)c(F)n1. The Labute approximate surface area is 189 Å². The van der Waals surface area contributed by atoms with Crippen molar-refractivity contribution in [1.29, 1.82) is 0 Å². The third-order valence-electron chi connectivity index (χ3n) is 6.39. The fraction of sp³-hybridized carbons (Fsp3) is 0.435. The topological polar surface area (TPSA) is 86.8 Å². The van der Waals surface area contributed by atoms with Crippen molar-refractivity contribution in [3.05, 3.63) is 47.3 Å². The quantitative estimate of drug-likeness (QED) is 0.670. The Morgan fingerprint density at radius 2 is 1.94 bits per heavy atom. The number of hydrogen-bond donors (Lipinski definition) is 2. The fourth-order valence-electron chi connectivity index (χ4n) is 4.34. The monoisotopic (exact) mass is 457 g/mol. The minimum atomic E-state index is -0.689. The number of ether oxygens (including phenoxy) is 1. The molecule has 0 radical (unpaired) electrons. The molecule has 1 saturated heterocycles. The maximum absolute atomic E-state index is 15.1. The highest BCUT2D eigenvalue weighted by atomic mass is 19.1. The Hall–Kier alpha value is -3.27. The first-order chi connectivity index (χ1) is 15.9. The van der Waals surface area contributed by atoms with Crippen molar-refractivity contribution in [3.8, 4) is 5.75 Å². The van der Waals surface area contributed by atoms with Gasteiger partial charge in [0.1, 0.15) is 17.1 Å². The van der Waals surface area contributed by atoms with Crippen LogP contribution in [0.4, 0.5) is 20.2 Å². The van der Waals surface area contributed by atoms with Gasteiger partial charge in [-0.3, -0.25) is 14.5 Å². The number of aromatic nitrogens is 1. The van der Waals surface area contributed by atoms with Crippen LogP contribution in [0.5, 0.6) is 5.75 Å². The summed E-state index contributed by atoms with van der Waals surface area (Å²) >= 11 is 0. The summed E-state index contributed by atoms with van der Waals surface area (Å²) in [7, 11) is 1.46. The van der Waals surface area contributed by atoms with Crippen molar-refractivity contribution in [1.82, 2.24) is 15.2 Å². The highest BCUT2D eigenvalue weighted by Crippen LogP contribution is 2.41. The van der Waals surface area contributed by atoms with Gasteiger partial charge in [0.05, 0.1) is 5.69 Å². The Bertz CT molecular complexity index is 1100. The number of rotatable bonds is 5. The maximum Gasteiger partial charge on any atom is 0.269 e. The van der Waals surface area contributed by atoms with E-state index < -0.39 is 23.8 Å². The van der Waals surface area contributed by atoms with Crippen molar-refractivity contribution < 1.29 is 23.1 Å². The number of piperazine rings is 1. The lowest BCUT2D eigenvalue weighted by atomic mass is 10.1. The van der Waals surface area contributed by atoms with Crippen molar-refractivity contribution in [2.75, 3.05) is 43.4 Å². The number of benzene rings is 1. The molecule has 1 aromatic heterocycles. The summed E-state index contributed by atoms with van der Waals surface area (Å²) < 4.78 is 35.3. The highest BCUT2D eigenvalue weighted by Gasteiger charge is 2.41. The van der Waals surface area contributed by atoms with Crippen LogP contribution in [-0.4, -0.2) is 61.0 Å². The Balaban J connectivity index is 1.23. The number of amides is 2. The number of pyridine rings is 1. The normalized spacial score (nSPS) is 20.6. The van der Waals surface area contributed by atoms with E-state index in [1.165, 1.54) is 13.1 Å². The van der Waals surface area contributed by atoms with Gasteiger partial charge in [0.2, 0.25) is 5.95 Å². The predicted octanol–water partition coefficient (Wildman–Crippen LogP) is 2.15. The van der Waals surface area contributed by atoms with Crippen LogP contribution in [0.2, 0.25) is 0 Å². The number of fused-ring (bicyclic) bond motifs is 1. The average molecular weight is 457 g/mol. The maximum atomic E-state index is 15.1. The molecular weight excluding hydrogens is 432 g/mol. The van der Waals surface area contributed by atoms with Gasteiger partial charge >= 0.3 is 0 Å². The van der Waals surface area contributed by atoms with Crippen molar-refractivity contribution >= 4 is 23.2 Å². The van der Waals surface area contributed by atoms with E-state index in [1.54, 1.807) is 18.2 Å². The lowest BCUT2D eigenvalue weighted by molar-refractivity contribution is -0.124. The predicted molar refractivity (Wildman–Crippen MR) is 117 cm³/mol. The van der Waals surface area contributed by atoms with Crippen molar-refractivity contribution in [2.24, 2.45) is 5.92 Å². The molecule has 1 aromatic carbocycles. The van der Waals surface area contributed by atoms with Crippen LogP contribution in [-0.2, 0) is 11.3 Å². The Kier molecular flexibility index (Phi) is 5.61. The molecule has 2 N–H and O–H groups in total. The zero-order chi connectivity index (χ0) is 23.1. The van der Waals surface area contributed by atoms with Crippen LogP contribution in [0, 0.1) is 17.7 Å². The largest absolute Gasteiger partial charge is 0.478 e. The molecule has 3 aliphatic rings. The molecule has 10 heteroatoms. The first-order valence-corrected chi connectivity index (χ1v) is 11.1. The van der Waals surface area contributed by atoms with E-state index in [0.29, 0.717) is 49.7 Å². The van der Waals surface area contributed by atoms with Crippen molar-refractivity contribution in [3.63, 3.8) is 0 Å². The van der Waals surface area contributed by atoms with Gasteiger partial charge in [0.15, 0.2) is 11.9 Å². The van der Waals surface area contributed by atoms with Crippen LogP contribution in [0.3, 0.4) is 0 Å². The molecule has 0 unspecified atom stereocenters. The molecule has 2 fully saturated rings. The van der Waals surface area contributed by atoms with Gasteiger partial charge < -0.3 is 20.3 Å². The summed E-state index contributed by atoms with van der Waals surface area (Å²) in [5.74, 6) is -1.30. The lowest BCUT2D eigenvalue weighted by Gasteiger charge is -2.36. The molecule has 5 rings (SSSR count). The van der Waals surface area contributed by atoms with Crippen LogP contribution in [0.15, 0.2) is 24.3 Å². The summed E-state index contributed by atoms with van der Waals surface area (Å²) in [4.78, 5) is 31.6. The minimum Gasteiger partial charge on any atom is -0.478 e.